The molecule has 1 aliphatic carbocycles. The molecule has 0 amide bonds. The van der Waals surface area contributed by atoms with Crippen LogP contribution in [0.3, 0.4) is 0 Å². The topological polar surface area (TPSA) is 15.3 Å². The predicted octanol–water partition coefficient (Wildman–Crippen LogP) is 3.56. The maximum absolute atomic E-state index is 3.80. The first-order valence-corrected chi connectivity index (χ1v) is 8.59. The highest BCUT2D eigenvalue weighted by Gasteiger charge is 2.41. The second-order valence-electron chi connectivity index (χ2n) is 8.06. The van der Waals surface area contributed by atoms with E-state index in [1.807, 2.05) is 0 Å². The summed E-state index contributed by atoms with van der Waals surface area (Å²) < 4.78 is 0. The fraction of sp³-hybridized carbons (Fsp3) is 1.00. The number of hydrogen-bond acceptors (Lipinski definition) is 2. The van der Waals surface area contributed by atoms with Crippen molar-refractivity contribution in [1.29, 1.82) is 0 Å². The molecule has 3 fully saturated rings. The molecule has 0 aromatic carbocycles. The third-order valence-electron chi connectivity index (χ3n) is 5.81. The highest BCUT2D eigenvalue weighted by Crippen LogP contribution is 2.41. The summed E-state index contributed by atoms with van der Waals surface area (Å²) in [6.45, 7) is 8.60. The lowest BCUT2D eigenvalue weighted by Crippen LogP contribution is -2.51. The lowest BCUT2D eigenvalue weighted by atomic mass is 9.90. The smallest absolute Gasteiger partial charge is 0.0128 e. The van der Waals surface area contributed by atoms with Gasteiger partial charge in [-0.05, 0) is 63.3 Å². The van der Waals surface area contributed by atoms with Crippen molar-refractivity contribution in [3.8, 4) is 0 Å². The first-order chi connectivity index (χ1) is 9.07. The van der Waals surface area contributed by atoms with E-state index in [1.165, 1.54) is 57.9 Å². The zero-order valence-corrected chi connectivity index (χ0v) is 13.1. The molecule has 0 radical (unpaired) electrons. The monoisotopic (exact) mass is 264 g/mol. The Balaban J connectivity index is 1.67. The summed E-state index contributed by atoms with van der Waals surface area (Å²) in [7, 11) is 0. The van der Waals surface area contributed by atoms with Gasteiger partial charge >= 0.3 is 0 Å². The number of fused-ring (bicyclic) bond motifs is 2. The second kappa shape index (κ2) is 5.37. The van der Waals surface area contributed by atoms with Gasteiger partial charge in [0.05, 0.1) is 0 Å². The van der Waals surface area contributed by atoms with Crippen molar-refractivity contribution in [3.05, 3.63) is 0 Å². The van der Waals surface area contributed by atoms with Crippen molar-refractivity contribution in [3.63, 3.8) is 0 Å². The van der Waals surface area contributed by atoms with E-state index in [1.54, 1.807) is 0 Å². The molecule has 3 unspecified atom stereocenters. The number of piperidine rings is 1. The minimum atomic E-state index is 0.586. The average molecular weight is 264 g/mol. The van der Waals surface area contributed by atoms with Crippen LogP contribution in [0, 0.1) is 5.41 Å². The Kier molecular flexibility index (Phi) is 3.92. The van der Waals surface area contributed by atoms with E-state index in [0.717, 1.165) is 24.2 Å². The molecular weight excluding hydrogens is 232 g/mol. The minimum Gasteiger partial charge on any atom is -0.311 e. The predicted molar refractivity (Wildman–Crippen MR) is 81.4 cm³/mol. The number of nitrogens with one attached hydrogen (secondary N) is 1. The SMILES string of the molecule is CCCN(C1CC2CCC(C1)N2)C1CCC(C)(C)C1. The van der Waals surface area contributed by atoms with Crippen molar-refractivity contribution in [2.45, 2.75) is 96.3 Å². The van der Waals surface area contributed by atoms with Crippen LogP contribution in [0.5, 0.6) is 0 Å². The molecule has 0 aromatic rings. The van der Waals surface area contributed by atoms with E-state index in [-0.39, 0.29) is 0 Å². The van der Waals surface area contributed by atoms with Crippen LogP contribution in [-0.4, -0.2) is 35.6 Å². The lowest BCUT2D eigenvalue weighted by Gasteiger charge is -2.41. The first kappa shape index (κ1) is 13.9. The van der Waals surface area contributed by atoms with E-state index in [4.69, 9.17) is 0 Å². The van der Waals surface area contributed by atoms with Gasteiger partial charge in [-0.25, -0.2) is 0 Å². The summed E-state index contributed by atoms with van der Waals surface area (Å²) in [6, 6.07) is 3.41. The maximum Gasteiger partial charge on any atom is 0.0128 e. The largest absolute Gasteiger partial charge is 0.311 e. The molecule has 1 N–H and O–H groups in total. The lowest BCUT2D eigenvalue weighted by molar-refractivity contribution is 0.0904. The summed E-state index contributed by atoms with van der Waals surface area (Å²) >= 11 is 0. The van der Waals surface area contributed by atoms with Gasteiger partial charge in [-0.2, -0.15) is 0 Å². The molecule has 3 aliphatic rings. The van der Waals surface area contributed by atoms with Crippen molar-refractivity contribution < 1.29 is 0 Å². The van der Waals surface area contributed by atoms with Gasteiger partial charge in [0.2, 0.25) is 0 Å². The van der Waals surface area contributed by atoms with Crippen molar-refractivity contribution in [1.82, 2.24) is 10.2 Å². The molecule has 19 heavy (non-hydrogen) atoms. The van der Waals surface area contributed by atoms with E-state index in [2.05, 4.69) is 31.0 Å². The quantitative estimate of drug-likeness (QED) is 0.835. The molecule has 0 aromatic heterocycles. The van der Waals surface area contributed by atoms with Gasteiger partial charge in [0, 0.05) is 24.2 Å². The molecule has 2 heterocycles. The van der Waals surface area contributed by atoms with E-state index < -0.39 is 0 Å². The van der Waals surface area contributed by atoms with Gasteiger partial charge in [0.1, 0.15) is 0 Å². The van der Waals surface area contributed by atoms with Crippen molar-refractivity contribution >= 4 is 0 Å². The zero-order chi connectivity index (χ0) is 13.5. The van der Waals surface area contributed by atoms with Crippen LogP contribution in [0.15, 0.2) is 0 Å². The van der Waals surface area contributed by atoms with Gasteiger partial charge in [-0.1, -0.05) is 20.8 Å². The number of hydrogen-bond donors (Lipinski definition) is 1. The van der Waals surface area contributed by atoms with Crippen LogP contribution in [0.1, 0.15) is 72.1 Å². The molecule has 2 heteroatoms. The molecule has 2 bridgehead atoms. The van der Waals surface area contributed by atoms with Crippen LogP contribution in [0.2, 0.25) is 0 Å². The molecule has 3 rings (SSSR count). The van der Waals surface area contributed by atoms with Crippen LogP contribution >= 0.6 is 0 Å². The molecule has 1 saturated carbocycles. The van der Waals surface area contributed by atoms with E-state index >= 15 is 0 Å². The summed E-state index contributed by atoms with van der Waals surface area (Å²) in [5.74, 6) is 0. The summed E-state index contributed by atoms with van der Waals surface area (Å²) in [4.78, 5) is 2.92. The molecular formula is C17H32N2. The molecule has 2 aliphatic heterocycles. The van der Waals surface area contributed by atoms with Crippen LogP contribution in [-0.2, 0) is 0 Å². The summed E-state index contributed by atoms with van der Waals surface area (Å²) in [6.07, 6.45) is 11.3. The van der Waals surface area contributed by atoms with Crippen molar-refractivity contribution in [2.75, 3.05) is 6.54 Å². The Morgan fingerprint density at radius 1 is 1.05 bits per heavy atom. The zero-order valence-electron chi connectivity index (χ0n) is 13.1. The van der Waals surface area contributed by atoms with Gasteiger partial charge < -0.3 is 5.32 Å². The van der Waals surface area contributed by atoms with Gasteiger partial charge in [-0.3, -0.25) is 4.90 Å². The Bertz CT molecular complexity index is 300. The molecule has 3 atom stereocenters. The van der Waals surface area contributed by atoms with Crippen LogP contribution in [0.25, 0.3) is 0 Å². The number of rotatable bonds is 4. The second-order valence-corrected chi connectivity index (χ2v) is 8.06. The maximum atomic E-state index is 3.80. The number of nitrogens with zero attached hydrogens (tertiary/aromatic N) is 1. The Labute approximate surface area is 119 Å². The van der Waals surface area contributed by atoms with Gasteiger partial charge in [-0.15, -0.1) is 0 Å². The normalized spacial score (nSPS) is 41.1. The van der Waals surface area contributed by atoms with Crippen LogP contribution < -0.4 is 5.32 Å². The van der Waals surface area contributed by atoms with Gasteiger partial charge in [0.25, 0.3) is 0 Å². The Morgan fingerprint density at radius 2 is 1.74 bits per heavy atom. The summed E-state index contributed by atoms with van der Waals surface area (Å²) in [5.41, 5.74) is 0.586. The third-order valence-corrected chi connectivity index (χ3v) is 5.81. The highest BCUT2D eigenvalue weighted by molar-refractivity contribution is 4.98. The fourth-order valence-electron chi connectivity index (χ4n) is 4.90. The van der Waals surface area contributed by atoms with E-state index in [9.17, 15) is 0 Å². The molecule has 2 saturated heterocycles. The third kappa shape index (κ3) is 3.00. The fourth-order valence-corrected chi connectivity index (χ4v) is 4.90. The van der Waals surface area contributed by atoms with Crippen LogP contribution in [0.4, 0.5) is 0 Å². The van der Waals surface area contributed by atoms with Gasteiger partial charge in [0.15, 0.2) is 0 Å². The molecule has 2 nitrogen and oxygen atoms in total. The molecule has 0 spiro atoms. The van der Waals surface area contributed by atoms with E-state index in [0.29, 0.717) is 5.41 Å². The molecule has 110 valence electrons. The average Bonchev–Trinajstić information content (AvgIpc) is 2.89. The standard InChI is InChI=1S/C17H32N2/c1-4-9-19(15-7-8-17(2,3)12-15)16-10-13-5-6-14(11-16)18-13/h13-16,18H,4-12H2,1-3H3. The minimum absolute atomic E-state index is 0.586. The Morgan fingerprint density at radius 3 is 2.26 bits per heavy atom. The highest BCUT2D eigenvalue weighted by atomic mass is 15.2. The first-order valence-electron chi connectivity index (χ1n) is 8.59. The van der Waals surface area contributed by atoms with Crippen molar-refractivity contribution in [2.24, 2.45) is 5.41 Å². The summed E-state index contributed by atoms with van der Waals surface area (Å²) in [5, 5.41) is 3.80. The Hall–Kier alpha value is -0.0800.